The van der Waals surface area contributed by atoms with Crippen LogP contribution in [0.25, 0.3) is 0 Å². The maximum absolute atomic E-state index is 11.9. The molecular weight excluding hydrogens is 348 g/mol. The summed E-state index contributed by atoms with van der Waals surface area (Å²) in [6.07, 6.45) is 7.65. The summed E-state index contributed by atoms with van der Waals surface area (Å²) in [7, 11) is 1.45. The summed E-state index contributed by atoms with van der Waals surface area (Å²) in [5.74, 6) is 0.00309. The van der Waals surface area contributed by atoms with Crippen molar-refractivity contribution in [1.82, 2.24) is 10.6 Å². The first kappa shape index (κ1) is 20.5. The highest BCUT2D eigenvalue weighted by atomic mass is 16.5. The highest BCUT2D eigenvalue weighted by Gasteiger charge is 2.12. The van der Waals surface area contributed by atoms with Gasteiger partial charge in [-0.3, -0.25) is 14.9 Å². The number of allylic oxidation sites excluding steroid dienone is 1. The predicted octanol–water partition coefficient (Wildman–Crippen LogP) is 2.99. The van der Waals surface area contributed by atoms with Crippen LogP contribution in [-0.2, 0) is 4.79 Å². The number of carbonyl (C=O) groups is 3. The van der Waals surface area contributed by atoms with E-state index < -0.39 is 11.9 Å². The van der Waals surface area contributed by atoms with Gasteiger partial charge < -0.3 is 14.8 Å². The second-order valence-electron chi connectivity index (χ2n) is 6.37. The van der Waals surface area contributed by atoms with Crippen molar-refractivity contribution in [2.24, 2.45) is 0 Å². The van der Waals surface area contributed by atoms with E-state index in [9.17, 15) is 14.4 Å². The molecule has 2 N–H and O–H groups in total. The molecule has 1 aromatic carbocycles. The quantitative estimate of drug-likeness (QED) is 0.539. The lowest BCUT2D eigenvalue weighted by atomic mass is 9.97. The van der Waals surface area contributed by atoms with Crippen LogP contribution in [0.4, 0.5) is 4.79 Å². The number of urea groups is 1. The van der Waals surface area contributed by atoms with Gasteiger partial charge in [0.1, 0.15) is 0 Å². The third kappa shape index (κ3) is 6.77. The Morgan fingerprint density at radius 3 is 2.63 bits per heavy atom. The van der Waals surface area contributed by atoms with Gasteiger partial charge in [0, 0.05) is 12.1 Å². The molecule has 3 amide bonds. The minimum Gasteiger partial charge on any atom is -0.493 e. The number of rotatable bonds is 8. The highest BCUT2D eigenvalue weighted by Crippen LogP contribution is 2.28. The number of hydrogen-bond donors (Lipinski definition) is 2. The lowest BCUT2D eigenvalue weighted by molar-refractivity contribution is -0.122. The number of benzene rings is 1. The van der Waals surface area contributed by atoms with Crippen molar-refractivity contribution >= 4 is 17.7 Å². The molecule has 0 aliphatic heterocycles. The van der Waals surface area contributed by atoms with E-state index >= 15 is 0 Å². The summed E-state index contributed by atoms with van der Waals surface area (Å²) in [5, 5.41) is 4.90. The first-order valence-corrected chi connectivity index (χ1v) is 9.07. The first-order chi connectivity index (χ1) is 13.0. The number of ketones is 1. The Morgan fingerprint density at radius 2 is 1.96 bits per heavy atom. The van der Waals surface area contributed by atoms with E-state index in [1.807, 2.05) is 0 Å². The molecule has 7 nitrogen and oxygen atoms in total. The van der Waals surface area contributed by atoms with Gasteiger partial charge in [0.2, 0.25) is 0 Å². The van der Waals surface area contributed by atoms with Gasteiger partial charge in [-0.1, -0.05) is 11.6 Å². The number of ether oxygens (including phenoxy) is 2. The molecular formula is C20H26N2O5. The topological polar surface area (TPSA) is 93.7 Å². The van der Waals surface area contributed by atoms with E-state index in [0.29, 0.717) is 23.6 Å². The number of amides is 3. The fourth-order valence-corrected chi connectivity index (χ4v) is 2.82. The van der Waals surface area contributed by atoms with Crippen molar-refractivity contribution in [2.45, 2.75) is 39.0 Å². The largest absolute Gasteiger partial charge is 0.493 e. The van der Waals surface area contributed by atoms with Crippen LogP contribution < -0.4 is 20.1 Å². The molecule has 0 atom stereocenters. The van der Waals surface area contributed by atoms with Gasteiger partial charge in [-0.25, -0.2) is 4.79 Å². The van der Waals surface area contributed by atoms with Gasteiger partial charge in [-0.15, -0.1) is 0 Å². The predicted molar refractivity (Wildman–Crippen MR) is 101 cm³/mol. The van der Waals surface area contributed by atoms with E-state index in [1.165, 1.54) is 32.4 Å². The SMILES string of the molecule is COc1cc(C(C)=O)ccc1OCC(=O)NC(=O)NCCC1=CCCCC1. The molecule has 27 heavy (non-hydrogen) atoms. The summed E-state index contributed by atoms with van der Waals surface area (Å²) < 4.78 is 10.6. The normalized spacial score (nSPS) is 13.3. The zero-order chi connectivity index (χ0) is 19.6. The van der Waals surface area contributed by atoms with Gasteiger partial charge in [-0.05, 0) is 57.2 Å². The van der Waals surface area contributed by atoms with Gasteiger partial charge in [-0.2, -0.15) is 0 Å². The Kier molecular flexibility index (Phi) is 7.85. The molecule has 1 aromatic rings. The molecule has 0 spiro atoms. The minimum atomic E-state index is -0.568. The van der Waals surface area contributed by atoms with Crippen molar-refractivity contribution in [3.05, 3.63) is 35.4 Å². The van der Waals surface area contributed by atoms with Crippen LogP contribution in [0.1, 0.15) is 49.4 Å². The number of carbonyl (C=O) groups excluding carboxylic acids is 3. The Hall–Kier alpha value is -2.83. The summed E-state index contributed by atoms with van der Waals surface area (Å²) in [4.78, 5) is 35.0. The van der Waals surface area contributed by atoms with E-state index in [4.69, 9.17) is 9.47 Å². The number of imide groups is 1. The third-order valence-corrected chi connectivity index (χ3v) is 4.30. The zero-order valence-electron chi connectivity index (χ0n) is 15.8. The van der Waals surface area contributed by atoms with Crippen LogP contribution in [0.3, 0.4) is 0 Å². The monoisotopic (exact) mass is 374 g/mol. The smallest absolute Gasteiger partial charge is 0.321 e. The van der Waals surface area contributed by atoms with Crippen LogP contribution in [0.2, 0.25) is 0 Å². The van der Waals surface area contributed by atoms with Gasteiger partial charge in [0.05, 0.1) is 7.11 Å². The number of nitrogens with one attached hydrogen (secondary N) is 2. The molecule has 1 aliphatic carbocycles. The van der Waals surface area contributed by atoms with Crippen LogP contribution in [-0.4, -0.2) is 38.0 Å². The maximum atomic E-state index is 11.9. The average molecular weight is 374 g/mol. The fraction of sp³-hybridized carbons (Fsp3) is 0.450. The Morgan fingerprint density at radius 1 is 1.15 bits per heavy atom. The van der Waals surface area contributed by atoms with Crippen molar-refractivity contribution < 1.29 is 23.9 Å². The number of hydrogen-bond acceptors (Lipinski definition) is 5. The summed E-state index contributed by atoms with van der Waals surface area (Å²) >= 11 is 0. The fourth-order valence-electron chi connectivity index (χ4n) is 2.82. The molecule has 7 heteroatoms. The molecule has 0 radical (unpaired) electrons. The molecule has 0 fully saturated rings. The van der Waals surface area contributed by atoms with Crippen LogP contribution in [0.5, 0.6) is 11.5 Å². The number of Topliss-reactive ketones (excluding diaryl/α,β-unsaturated/α-hetero) is 1. The van der Waals surface area contributed by atoms with Crippen molar-refractivity contribution in [3.63, 3.8) is 0 Å². The van der Waals surface area contributed by atoms with Crippen molar-refractivity contribution in [3.8, 4) is 11.5 Å². The Balaban J connectivity index is 1.74. The second-order valence-corrected chi connectivity index (χ2v) is 6.37. The van der Waals surface area contributed by atoms with Crippen molar-refractivity contribution in [2.75, 3.05) is 20.3 Å². The molecule has 0 aromatic heterocycles. The molecule has 146 valence electrons. The van der Waals surface area contributed by atoms with Crippen LogP contribution >= 0.6 is 0 Å². The summed E-state index contributed by atoms with van der Waals surface area (Å²) in [5.41, 5.74) is 1.84. The molecule has 0 saturated heterocycles. The Labute approximate surface area is 159 Å². The van der Waals surface area contributed by atoms with Gasteiger partial charge >= 0.3 is 6.03 Å². The number of methoxy groups -OCH3 is 1. The first-order valence-electron chi connectivity index (χ1n) is 9.07. The van der Waals surface area contributed by atoms with E-state index in [-0.39, 0.29) is 12.4 Å². The average Bonchev–Trinajstić information content (AvgIpc) is 2.67. The van der Waals surface area contributed by atoms with Gasteiger partial charge in [0.25, 0.3) is 5.91 Å². The van der Waals surface area contributed by atoms with E-state index in [0.717, 1.165) is 19.3 Å². The molecule has 1 aliphatic rings. The van der Waals surface area contributed by atoms with Gasteiger partial charge in [0.15, 0.2) is 23.9 Å². The third-order valence-electron chi connectivity index (χ3n) is 4.30. The lowest BCUT2D eigenvalue weighted by Crippen LogP contribution is -2.42. The minimum absolute atomic E-state index is 0.0988. The second kappa shape index (κ2) is 10.4. The van der Waals surface area contributed by atoms with E-state index in [2.05, 4.69) is 16.7 Å². The highest BCUT2D eigenvalue weighted by molar-refractivity contribution is 5.95. The molecule has 0 saturated carbocycles. The lowest BCUT2D eigenvalue weighted by Gasteiger charge is -2.13. The zero-order valence-corrected chi connectivity index (χ0v) is 15.8. The molecule has 0 bridgehead atoms. The molecule has 0 heterocycles. The van der Waals surface area contributed by atoms with E-state index in [1.54, 1.807) is 18.2 Å². The summed E-state index contributed by atoms with van der Waals surface area (Å²) in [6, 6.07) is 4.15. The van der Waals surface area contributed by atoms with Crippen LogP contribution in [0.15, 0.2) is 29.8 Å². The molecule has 2 rings (SSSR count). The standard InChI is InChI=1S/C20H26N2O5/c1-14(23)16-8-9-17(18(12-16)26-2)27-13-19(24)22-20(25)21-11-10-15-6-4-3-5-7-15/h6,8-9,12H,3-5,7,10-11,13H2,1-2H3,(H2,21,22,24,25). The van der Waals surface area contributed by atoms with Crippen molar-refractivity contribution in [1.29, 1.82) is 0 Å². The van der Waals surface area contributed by atoms with Crippen LogP contribution in [0, 0.1) is 0 Å². The maximum Gasteiger partial charge on any atom is 0.321 e. The summed E-state index contributed by atoms with van der Waals surface area (Å²) in [6.45, 7) is 1.60. The molecule has 0 unspecified atom stereocenters. The Bertz CT molecular complexity index is 727.